The van der Waals surface area contributed by atoms with E-state index in [1.165, 1.54) is 16.7 Å². The molecule has 0 saturated carbocycles. The maximum atomic E-state index is 6.86. The van der Waals surface area contributed by atoms with Gasteiger partial charge >= 0.3 is 0 Å². The zero-order chi connectivity index (χ0) is 8.55. The summed E-state index contributed by atoms with van der Waals surface area (Å²) in [6.07, 6.45) is 2.11. The van der Waals surface area contributed by atoms with Crippen LogP contribution in [-0.2, 0) is 6.42 Å². The third-order valence-electron chi connectivity index (χ3n) is 2.29. The van der Waals surface area contributed by atoms with Crippen molar-refractivity contribution in [3.63, 3.8) is 0 Å². The van der Waals surface area contributed by atoms with Crippen LogP contribution in [0.2, 0.25) is 0 Å². The second kappa shape index (κ2) is 2.49. The Labute approximate surface area is 72.2 Å². The van der Waals surface area contributed by atoms with E-state index in [0.29, 0.717) is 0 Å². The number of hydrogen-bond acceptors (Lipinski definition) is 0. The molecular formula is C11H9N. The lowest BCUT2D eigenvalue weighted by molar-refractivity contribution is 1.08. The lowest BCUT2D eigenvalue weighted by atomic mass is 10.1. The molecule has 0 heterocycles. The number of nitrogens with zero attached hydrogens (tertiary/aromatic N) is 1. The van der Waals surface area contributed by atoms with E-state index >= 15 is 0 Å². The van der Waals surface area contributed by atoms with Gasteiger partial charge in [-0.3, -0.25) is 0 Å². The topological polar surface area (TPSA) is 4.36 Å². The van der Waals surface area contributed by atoms with E-state index in [1.807, 2.05) is 18.2 Å². The molecule has 0 aliphatic heterocycles. The molecule has 1 aromatic rings. The van der Waals surface area contributed by atoms with Crippen molar-refractivity contribution in [1.82, 2.24) is 0 Å². The fourth-order valence-electron chi connectivity index (χ4n) is 1.62. The van der Waals surface area contributed by atoms with Gasteiger partial charge in [0.1, 0.15) is 0 Å². The minimum atomic E-state index is 0.739. The summed E-state index contributed by atoms with van der Waals surface area (Å²) < 4.78 is 0. The van der Waals surface area contributed by atoms with Gasteiger partial charge in [-0.1, -0.05) is 30.3 Å². The summed E-state index contributed by atoms with van der Waals surface area (Å²) in [7, 11) is 0. The minimum Gasteiger partial charge on any atom is -0.238 e. The summed E-state index contributed by atoms with van der Waals surface area (Å²) in [5.74, 6) is 0. The Morgan fingerprint density at radius 2 is 2.17 bits per heavy atom. The van der Waals surface area contributed by atoms with E-state index in [0.717, 1.165) is 18.5 Å². The van der Waals surface area contributed by atoms with Crippen LogP contribution in [0, 0.1) is 6.57 Å². The van der Waals surface area contributed by atoms with Crippen LogP contribution < -0.4 is 0 Å². The first-order valence-corrected chi connectivity index (χ1v) is 4.00. The summed E-state index contributed by atoms with van der Waals surface area (Å²) >= 11 is 0. The second-order valence-electron chi connectivity index (χ2n) is 3.06. The normalized spacial score (nSPS) is 14.1. The summed E-state index contributed by atoms with van der Waals surface area (Å²) in [4.78, 5) is 3.39. The Morgan fingerprint density at radius 3 is 2.92 bits per heavy atom. The van der Waals surface area contributed by atoms with Crippen LogP contribution in [0.5, 0.6) is 0 Å². The van der Waals surface area contributed by atoms with E-state index in [9.17, 15) is 0 Å². The van der Waals surface area contributed by atoms with Gasteiger partial charge in [-0.15, -0.1) is 0 Å². The van der Waals surface area contributed by atoms with Crippen LogP contribution in [0.25, 0.3) is 10.4 Å². The molecule has 1 aromatic carbocycles. The van der Waals surface area contributed by atoms with Crippen molar-refractivity contribution in [3.8, 4) is 0 Å². The molecule has 1 aliphatic carbocycles. The van der Waals surface area contributed by atoms with E-state index in [-0.39, 0.29) is 0 Å². The van der Waals surface area contributed by atoms with Gasteiger partial charge in [0.2, 0.25) is 0 Å². The molecule has 1 heteroatoms. The van der Waals surface area contributed by atoms with Crippen molar-refractivity contribution in [2.45, 2.75) is 12.8 Å². The molecule has 1 nitrogen and oxygen atoms in total. The predicted molar refractivity (Wildman–Crippen MR) is 50.1 cm³/mol. The lowest BCUT2D eigenvalue weighted by Gasteiger charge is -1.98. The van der Waals surface area contributed by atoms with E-state index < -0.39 is 0 Å². The van der Waals surface area contributed by atoms with E-state index in [2.05, 4.69) is 11.4 Å². The monoisotopic (exact) mass is 155 g/mol. The molecule has 0 unspecified atom stereocenters. The number of fused-ring (bicyclic) bond motifs is 1. The summed E-state index contributed by atoms with van der Waals surface area (Å²) in [6.45, 7) is 10.8. The maximum absolute atomic E-state index is 6.86. The standard InChI is InChI=1S/C11H9N/c1-8-3-4-9-7-10(12-2)5-6-11(8)9/h5-7H,1,3-4H2. The molecule has 0 spiro atoms. The highest BCUT2D eigenvalue weighted by Gasteiger charge is 2.13. The summed E-state index contributed by atoms with van der Waals surface area (Å²) in [5, 5.41) is 0. The number of aryl methyl sites for hydroxylation is 1. The highest BCUT2D eigenvalue weighted by Crippen LogP contribution is 2.32. The number of hydrogen-bond donors (Lipinski definition) is 0. The lowest BCUT2D eigenvalue weighted by Crippen LogP contribution is -1.78. The van der Waals surface area contributed by atoms with Gasteiger partial charge < -0.3 is 0 Å². The number of benzene rings is 1. The SMILES string of the molecule is [C-]#[N+]c1ccc2c(c1)CCC2=C. The molecule has 2 rings (SSSR count). The Hall–Kier alpha value is -1.55. The van der Waals surface area contributed by atoms with Gasteiger partial charge in [0.15, 0.2) is 5.69 Å². The number of allylic oxidation sites excluding steroid dienone is 1. The highest BCUT2D eigenvalue weighted by atomic mass is 14.6. The van der Waals surface area contributed by atoms with Crippen molar-refractivity contribution in [3.05, 3.63) is 47.3 Å². The van der Waals surface area contributed by atoms with Gasteiger partial charge in [0, 0.05) is 0 Å². The highest BCUT2D eigenvalue weighted by molar-refractivity contribution is 5.72. The van der Waals surface area contributed by atoms with Crippen LogP contribution >= 0.6 is 0 Å². The van der Waals surface area contributed by atoms with Gasteiger partial charge in [-0.05, 0) is 24.0 Å². The average Bonchev–Trinajstić information content (AvgIpc) is 2.47. The van der Waals surface area contributed by atoms with Crippen molar-refractivity contribution < 1.29 is 0 Å². The smallest absolute Gasteiger partial charge is 0.187 e. The molecule has 0 saturated heterocycles. The van der Waals surface area contributed by atoms with Crippen LogP contribution in [0.4, 0.5) is 5.69 Å². The average molecular weight is 155 g/mol. The molecule has 12 heavy (non-hydrogen) atoms. The summed E-state index contributed by atoms with van der Waals surface area (Å²) in [5.41, 5.74) is 4.49. The Kier molecular flexibility index (Phi) is 1.48. The van der Waals surface area contributed by atoms with Crippen molar-refractivity contribution >= 4 is 11.3 Å². The molecular weight excluding hydrogens is 146 g/mol. The van der Waals surface area contributed by atoms with E-state index in [1.54, 1.807) is 0 Å². The zero-order valence-electron chi connectivity index (χ0n) is 6.80. The molecule has 0 radical (unpaired) electrons. The third-order valence-corrected chi connectivity index (χ3v) is 2.29. The van der Waals surface area contributed by atoms with Crippen LogP contribution in [0.15, 0.2) is 24.8 Å². The molecule has 0 fully saturated rings. The fraction of sp³-hybridized carbons (Fsp3) is 0.182. The van der Waals surface area contributed by atoms with Crippen LogP contribution in [0.1, 0.15) is 17.5 Å². The van der Waals surface area contributed by atoms with Gasteiger partial charge in [-0.25, -0.2) is 4.85 Å². The van der Waals surface area contributed by atoms with Crippen molar-refractivity contribution in [2.24, 2.45) is 0 Å². The third kappa shape index (κ3) is 0.931. The Morgan fingerprint density at radius 1 is 1.33 bits per heavy atom. The molecule has 0 N–H and O–H groups in total. The first kappa shape index (κ1) is 7.12. The largest absolute Gasteiger partial charge is 0.238 e. The molecule has 0 atom stereocenters. The first-order valence-electron chi connectivity index (χ1n) is 4.00. The Balaban J connectivity index is 2.57. The minimum absolute atomic E-state index is 0.739. The van der Waals surface area contributed by atoms with Gasteiger partial charge in [-0.2, -0.15) is 0 Å². The van der Waals surface area contributed by atoms with Crippen LogP contribution in [0.3, 0.4) is 0 Å². The van der Waals surface area contributed by atoms with E-state index in [4.69, 9.17) is 6.57 Å². The van der Waals surface area contributed by atoms with Gasteiger partial charge in [0.25, 0.3) is 0 Å². The quantitative estimate of drug-likeness (QED) is 0.507. The predicted octanol–water partition coefficient (Wildman–Crippen LogP) is 3.20. The van der Waals surface area contributed by atoms with Crippen LogP contribution in [-0.4, -0.2) is 0 Å². The maximum Gasteiger partial charge on any atom is 0.187 e. The molecule has 0 bridgehead atoms. The first-order chi connectivity index (χ1) is 5.81. The zero-order valence-corrected chi connectivity index (χ0v) is 6.80. The van der Waals surface area contributed by atoms with Gasteiger partial charge in [0.05, 0.1) is 6.57 Å². The molecule has 0 amide bonds. The molecule has 58 valence electrons. The number of rotatable bonds is 0. The molecule has 1 aliphatic rings. The second-order valence-corrected chi connectivity index (χ2v) is 3.06. The fourth-order valence-corrected chi connectivity index (χ4v) is 1.62. The van der Waals surface area contributed by atoms with Crippen molar-refractivity contribution in [2.75, 3.05) is 0 Å². The molecule has 0 aromatic heterocycles. The summed E-state index contributed by atoms with van der Waals surface area (Å²) in [6, 6.07) is 5.85. The Bertz CT molecular complexity index is 382. The van der Waals surface area contributed by atoms with Crippen molar-refractivity contribution in [1.29, 1.82) is 0 Å².